The first-order chi connectivity index (χ1) is 11.3. The van der Waals surface area contributed by atoms with Gasteiger partial charge >= 0.3 is 0 Å². The van der Waals surface area contributed by atoms with Crippen LogP contribution in [0.25, 0.3) is 0 Å². The summed E-state index contributed by atoms with van der Waals surface area (Å²) < 4.78 is 12.7. The zero-order chi connectivity index (χ0) is 18.1. The Balaban J connectivity index is 0.000000648. The molecule has 0 aliphatic heterocycles. The number of hydrogen-bond acceptors (Lipinski definition) is 4. The number of carbonyl (C=O) groups excluding carboxylic acids is 1. The number of nitrogens with one attached hydrogen (secondary N) is 1. The number of aliphatic hydroxyl groups excluding tert-OH is 1. The first-order valence-corrected chi connectivity index (χ1v) is 7.95. The maximum absolute atomic E-state index is 12.7. The molecular weight excluding hydrogens is 315 g/mol. The Morgan fingerprint density at radius 3 is 2.42 bits per heavy atom. The molecule has 2 rings (SSSR count). The predicted octanol–water partition coefficient (Wildman–Crippen LogP) is 1.06. The van der Waals surface area contributed by atoms with Crippen molar-refractivity contribution in [3.63, 3.8) is 0 Å². The lowest BCUT2D eigenvalue weighted by molar-refractivity contribution is -0.134. The molecule has 7 heteroatoms. The lowest BCUT2D eigenvalue weighted by Crippen LogP contribution is -2.44. The van der Waals surface area contributed by atoms with Gasteiger partial charge in [0, 0.05) is 25.4 Å². The Morgan fingerprint density at radius 1 is 1.29 bits per heavy atom. The summed E-state index contributed by atoms with van der Waals surface area (Å²) in [4.78, 5) is 21.0. The largest absolute Gasteiger partial charge is 0.481 e. The van der Waals surface area contributed by atoms with Crippen LogP contribution in [-0.2, 0) is 16.0 Å². The van der Waals surface area contributed by atoms with E-state index in [9.17, 15) is 14.3 Å². The average molecular weight is 340 g/mol. The van der Waals surface area contributed by atoms with Gasteiger partial charge in [-0.25, -0.2) is 4.39 Å². The molecule has 1 aromatic rings. The van der Waals surface area contributed by atoms with E-state index in [0.717, 1.165) is 18.9 Å². The van der Waals surface area contributed by atoms with Crippen LogP contribution in [0, 0.1) is 11.7 Å². The minimum absolute atomic E-state index is 0.0296. The van der Waals surface area contributed by atoms with Crippen LogP contribution in [0.5, 0.6) is 0 Å². The van der Waals surface area contributed by atoms with E-state index in [4.69, 9.17) is 15.6 Å². The smallest absolute Gasteiger partial charge is 0.300 e. The van der Waals surface area contributed by atoms with Crippen molar-refractivity contribution in [1.29, 1.82) is 0 Å². The third kappa shape index (κ3) is 7.52. The second kappa shape index (κ2) is 10.00. The third-order valence-electron chi connectivity index (χ3n) is 3.87. The molecule has 1 fully saturated rings. The highest BCUT2D eigenvalue weighted by molar-refractivity contribution is 5.78. The number of carboxylic acid groups (broad SMARTS) is 1. The Labute approximate surface area is 140 Å². The minimum Gasteiger partial charge on any atom is -0.481 e. The van der Waals surface area contributed by atoms with E-state index in [0.29, 0.717) is 25.8 Å². The molecule has 0 unspecified atom stereocenters. The number of nitrogens with two attached hydrogens (primary N) is 1. The predicted molar refractivity (Wildman–Crippen MR) is 87.7 cm³/mol. The average Bonchev–Trinajstić information content (AvgIpc) is 2.51. The van der Waals surface area contributed by atoms with Gasteiger partial charge < -0.3 is 21.3 Å². The quantitative estimate of drug-likeness (QED) is 0.655. The number of benzene rings is 1. The summed E-state index contributed by atoms with van der Waals surface area (Å²) in [6.07, 6.45) is 1.92. The summed E-state index contributed by atoms with van der Waals surface area (Å²) >= 11 is 0. The standard InChI is InChI=1S/C15H21FN2O2.C2H4O2/c16-12-4-1-10(2-5-12)7-8-18-15(20)11-3-6-13(17)14(19)9-11;1-2(3)4/h1-2,4-5,11,13-14,19H,3,6-9,17H2,(H,18,20);1H3,(H,3,4)/t11-,13-,14-;/m0./s1. The van der Waals surface area contributed by atoms with Gasteiger partial charge in [0.25, 0.3) is 5.97 Å². The van der Waals surface area contributed by atoms with Crippen LogP contribution in [0.1, 0.15) is 31.7 Å². The molecule has 0 heterocycles. The number of carbonyl (C=O) groups is 2. The normalized spacial score (nSPS) is 22.9. The fraction of sp³-hybridized carbons (Fsp3) is 0.529. The molecule has 1 amide bonds. The van der Waals surface area contributed by atoms with Crippen LogP contribution < -0.4 is 11.1 Å². The van der Waals surface area contributed by atoms with Crippen molar-refractivity contribution in [2.24, 2.45) is 11.7 Å². The highest BCUT2D eigenvalue weighted by Gasteiger charge is 2.30. The molecule has 0 bridgehead atoms. The minimum atomic E-state index is -0.833. The summed E-state index contributed by atoms with van der Waals surface area (Å²) in [5, 5.41) is 20.0. The Kier molecular flexibility index (Phi) is 8.35. The Hall–Kier alpha value is -1.99. The van der Waals surface area contributed by atoms with Crippen LogP contribution in [0.2, 0.25) is 0 Å². The first kappa shape index (κ1) is 20.1. The van der Waals surface area contributed by atoms with Crippen molar-refractivity contribution in [2.45, 2.75) is 44.8 Å². The SMILES string of the molecule is CC(=O)O.N[C@H]1CC[C@H](C(=O)NCCc2ccc(F)cc2)C[C@@H]1O. The van der Waals surface area contributed by atoms with Crippen LogP contribution in [0.4, 0.5) is 4.39 Å². The van der Waals surface area contributed by atoms with Crippen molar-refractivity contribution < 1.29 is 24.2 Å². The van der Waals surface area contributed by atoms with Gasteiger partial charge in [0.05, 0.1) is 6.10 Å². The Morgan fingerprint density at radius 2 is 1.88 bits per heavy atom. The maximum atomic E-state index is 12.7. The van der Waals surface area contributed by atoms with E-state index < -0.39 is 12.1 Å². The molecule has 0 spiro atoms. The highest BCUT2D eigenvalue weighted by Crippen LogP contribution is 2.23. The number of amides is 1. The first-order valence-electron chi connectivity index (χ1n) is 7.95. The van der Waals surface area contributed by atoms with Gasteiger partial charge in [-0.3, -0.25) is 9.59 Å². The zero-order valence-electron chi connectivity index (χ0n) is 13.7. The maximum Gasteiger partial charge on any atom is 0.300 e. The van der Waals surface area contributed by atoms with Crippen LogP contribution in [-0.4, -0.2) is 40.8 Å². The van der Waals surface area contributed by atoms with Gasteiger partial charge in [0.15, 0.2) is 0 Å². The molecule has 1 aromatic carbocycles. The number of rotatable bonds is 4. The number of halogens is 1. The lowest BCUT2D eigenvalue weighted by Gasteiger charge is -2.29. The number of hydrogen-bond donors (Lipinski definition) is 4. The lowest BCUT2D eigenvalue weighted by atomic mass is 9.84. The fourth-order valence-electron chi connectivity index (χ4n) is 2.53. The number of carboxylic acids is 1. The molecule has 0 radical (unpaired) electrons. The van der Waals surface area contributed by atoms with Gasteiger partial charge in [0.1, 0.15) is 5.82 Å². The summed E-state index contributed by atoms with van der Waals surface area (Å²) in [7, 11) is 0. The monoisotopic (exact) mass is 340 g/mol. The van der Waals surface area contributed by atoms with E-state index in [1.807, 2.05) is 0 Å². The molecule has 1 aliphatic rings. The summed E-state index contributed by atoms with van der Waals surface area (Å²) in [6.45, 7) is 1.60. The van der Waals surface area contributed by atoms with Crippen molar-refractivity contribution in [1.82, 2.24) is 5.32 Å². The molecule has 3 atom stereocenters. The molecule has 24 heavy (non-hydrogen) atoms. The zero-order valence-corrected chi connectivity index (χ0v) is 13.7. The van der Waals surface area contributed by atoms with Gasteiger partial charge in [-0.2, -0.15) is 0 Å². The second-order valence-electron chi connectivity index (χ2n) is 5.93. The molecule has 134 valence electrons. The van der Waals surface area contributed by atoms with Crippen LogP contribution in [0.15, 0.2) is 24.3 Å². The molecule has 0 aromatic heterocycles. The summed E-state index contributed by atoms with van der Waals surface area (Å²) in [6, 6.07) is 6.04. The van der Waals surface area contributed by atoms with Gasteiger partial charge in [0.2, 0.25) is 5.91 Å². The van der Waals surface area contributed by atoms with Gasteiger partial charge in [-0.1, -0.05) is 12.1 Å². The van der Waals surface area contributed by atoms with Crippen LogP contribution >= 0.6 is 0 Å². The highest BCUT2D eigenvalue weighted by atomic mass is 19.1. The van der Waals surface area contributed by atoms with Gasteiger partial charge in [-0.15, -0.1) is 0 Å². The number of aliphatic hydroxyl groups is 1. The number of aliphatic carboxylic acids is 1. The van der Waals surface area contributed by atoms with E-state index in [-0.39, 0.29) is 23.7 Å². The molecule has 6 nitrogen and oxygen atoms in total. The van der Waals surface area contributed by atoms with Crippen molar-refractivity contribution in [2.75, 3.05) is 6.54 Å². The van der Waals surface area contributed by atoms with E-state index in [2.05, 4.69) is 5.32 Å². The van der Waals surface area contributed by atoms with Crippen molar-refractivity contribution >= 4 is 11.9 Å². The van der Waals surface area contributed by atoms with Crippen molar-refractivity contribution in [3.8, 4) is 0 Å². The topological polar surface area (TPSA) is 113 Å². The molecule has 1 aliphatic carbocycles. The Bertz CT molecular complexity index is 532. The van der Waals surface area contributed by atoms with E-state index in [1.54, 1.807) is 12.1 Å². The van der Waals surface area contributed by atoms with Crippen LogP contribution in [0.3, 0.4) is 0 Å². The molecule has 0 saturated heterocycles. The molecular formula is C17H25FN2O4. The van der Waals surface area contributed by atoms with Crippen molar-refractivity contribution in [3.05, 3.63) is 35.6 Å². The van der Waals surface area contributed by atoms with E-state index >= 15 is 0 Å². The summed E-state index contributed by atoms with van der Waals surface area (Å²) in [5.74, 6) is -1.28. The molecule has 1 saturated carbocycles. The second-order valence-corrected chi connectivity index (χ2v) is 5.93. The third-order valence-corrected chi connectivity index (χ3v) is 3.87. The molecule has 5 N–H and O–H groups in total. The summed E-state index contributed by atoms with van der Waals surface area (Å²) in [5.41, 5.74) is 6.70. The fourth-order valence-corrected chi connectivity index (χ4v) is 2.53. The van der Waals surface area contributed by atoms with E-state index in [1.165, 1.54) is 12.1 Å². The van der Waals surface area contributed by atoms with Gasteiger partial charge in [-0.05, 0) is 43.4 Å².